The highest BCUT2D eigenvalue weighted by Gasteiger charge is 2.07. The SMILES string of the molecule is O=C(NCCc1ccccc1F)c1ncn[nH]1. The lowest BCUT2D eigenvalue weighted by Gasteiger charge is -2.04. The molecule has 17 heavy (non-hydrogen) atoms. The zero-order valence-electron chi connectivity index (χ0n) is 8.98. The van der Waals surface area contributed by atoms with Crippen LogP contribution in [0, 0.1) is 5.82 Å². The van der Waals surface area contributed by atoms with Gasteiger partial charge in [0.2, 0.25) is 5.82 Å². The van der Waals surface area contributed by atoms with E-state index in [-0.39, 0.29) is 17.5 Å². The van der Waals surface area contributed by atoms with Gasteiger partial charge in [-0.05, 0) is 18.1 Å². The number of hydrogen-bond donors (Lipinski definition) is 2. The normalized spacial score (nSPS) is 10.2. The molecule has 0 spiro atoms. The standard InChI is InChI=1S/C11H11FN4O/c12-9-4-2-1-3-8(9)5-6-13-11(17)10-14-7-15-16-10/h1-4,7H,5-6H2,(H,13,17)(H,14,15,16). The Morgan fingerprint density at radius 1 is 1.41 bits per heavy atom. The van der Waals surface area contributed by atoms with Gasteiger partial charge in [0, 0.05) is 6.54 Å². The average molecular weight is 234 g/mol. The summed E-state index contributed by atoms with van der Waals surface area (Å²) in [5.74, 6) is -0.459. The number of hydrogen-bond acceptors (Lipinski definition) is 3. The molecular formula is C11H11FN4O. The first kappa shape index (κ1) is 11.3. The number of amides is 1. The second-order valence-electron chi connectivity index (χ2n) is 3.43. The second-order valence-corrected chi connectivity index (χ2v) is 3.43. The predicted molar refractivity (Wildman–Crippen MR) is 58.8 cm³/mol. The largest absolute Gasteiger partial charge is 0.349 e. The molecule has 0 aliphatic heterocycles. The molecule has 6 heteroatoms. The molecule has 0 fully saturated rings. The summed E-state index contributed by atoms with van der Waals surface area (Å²) in [6.07, 6.45) is 1.69. The van der Waals surface area contributed by atoms with Gasteiger partial charge in [0.05, 0.1) is 0 Å². The van der Waals surface area contributed by atoms with E-state index in [0.717, 1.165) is 0 Å². The van der Waals surface area contributed by atoms with Gasteiger partial charge < -0.3 is 5.32 Å². The third kappa shape index (κ3) is 2.87. The Hall–Kier alpha value is -2.24. The van der Waals surface area contributed by atoms with Crippen LogP contribution in [-0.4, -0.2) is 27.6 Å². The van der Waals surface area contributed by atoms with Gasteiger partial charge in [-0.1, -0.05) is 18.2 Å². The molecular weight excluding hydrogens is 223 g/mol. The van der Waals surface area contributed by atoms with Crippen LogP contribution in [0.1, 0.15) is 16.2 Å². The summed E-state index contributed by atoms with van der Waals surface area (Å²) in [5.41, 5.74) is 0.574. The second kappa shape index (κ2) is 5.20. The molecule has 0 atom stereocenters. The van der Waals surface area contributed by atoms with Gasteiger partial charge in [-0.3, -0.25) is 9.89 Å². The summed E-state index contributed by atoms with van der Waals surface area (Å²) in [5, 5.41) is 8.64. The fourth-order valence-electron chi connectivity index (χ4n) is 1.41. The fourth-order valence-corrected chi connectivity index (χ4v) is 1.41. The zero-order valence-corrected chi connectivity index (χ0v) is 8.98. The van der Waals surface area contributed by atoms with Crippen LogP contribution >= 0.6 is 0 Å². The summed E-state index contributed by atoms with van der Waals surface area (Å²) in [7, 11) is 0. The molecule has 2 aromatic rings. The predicted octanol–water partition coefficient (Wildman–Crippen LogP) is 0.916. The minimum Gasteiger partial charge on any atom is -0.349 e. The maximum Gasteiger partial charge on any atom is 0.288 e. The molecule has 0 bridgehead atoms. The molecule has 1 amide bonds. The first-order chi connectivity index (χ1) is 8.27. The highest BCUT2D eigenvalue weighted by Crippen LogP contribution is 2.06. The maximum atomic E-state index is 13.2. The molecule has 1 heterocycles. The maximum absolute atomic E-state index is 13.2. The van der Waals surface area contributed by atoms with Crippen molar-refractivity contribution in [3.63, 3.8) is 0 Å². The van der Waals surface area contributed by atoms with Crippen molar-refractivity contribution in [2.24, 2.45) is 0 Å². The number of nitrogens with zero attached hydrogens (tertiary/aromatic N) is 2. The van der Waals surface area contributed by atoms with Crippen molar-refractivity contribution in [2.45, 2.75) is 6.42 Å². The summed E-state index contributed by atoms with van der Waals surface area (Å²) >= 11 is 0. The molecule has 0 saturated heterocycles. The van der Waals surface area contributed by atoms with Crippen LogP contribution < -0.4 is 5.32 Å². The average Bonchev–Trinajstić information content (AvgIpc) is 2.85. The lowest BCUT2D eigenvalue weighted by atomic mass is 10.1. The summed E-state index contributed by atoms with van der Waals surface area (Å²) in [4.78, 5) is 15.1. The zero-order chi connectivity index (χ0) is 12.1. The lowest BCUT2D eigenvalue weighted by Crippen LogP contribution is -2.26. The van der Waals surface area contributed by atoms with Gasteiger partial charge in [0.25, 0.3) is 5.91 Å². The van der Waals surface area contributed by atoms with E-state index in [2.05, 4.69) is 20.5 Å². The van der Waals surface area contributed by atoms with Gasteiger partial charge >= 0.3 is 0 Å². The van der Waals surface area contributed by atoms with Crippen LogP contribution in [0.3, 0.4) is 0 Å². The van der Waals surface area contributed by atoms with E-state index in [1.807, 2.05) is 0 Å². The molecule has 2 rings (SSSR count). The van der Waals surface area contributed by atoms with Gasteiger partial charge in [0.15, 0.2) is 0 Å². The van der Waals surface area contributed by atoms with Crippen molar-refractivity contribution in [3.8, 4) is 0 Å². The Balaban J connectivity index is 1.84. The molecule has 0 aliphatic carbocycles. The molecule has 0 unspecified atom stereocenters. The van der Waals surface area contributed by atoms with E-state index >= 15 is 0 Å². The van der Waals surface area contributed by atoms with Crippen molar-refractivity contribution in [2.75, 3.05) is 6.54 Å². The van der Waals surface area contributed by atoms with Gasteiger partial charge in [-0.15, -0.1) is 0 Å². The Kier molecular flexibility index (Phi) is 3.44. The first-order valence-corrected chi connectivity index (χ1v) is 5.14. The van der Waals surface area contributed by atoms with E-state index in [9.17, 15) is 9.18 Å². The van der Waals surface area contributed by atoms with Crippen LogP contribution in [0.5, 0.6) is 0 Å². The smallest absolute Gasteiger partial charge is 0.288 e. The number of aromatic amines is 1. The molecule has 88 valence electrons. The van der Waals surface area contributed by atoms with Crippen molar-refractivity contribution in [3.05, 3.63) is 47.8 Å². The monoisotopic (exact) mass is 234 g/mol. The van der Waals surface area contributed by atoms with Gasteiger partial charge in [-0.2, -0.15) is 5.10 Å². The lowest BCUT2D eigenvalue weighted by molar-refractivity contribution is 0.0944. The van der Waals surface area contributed by atoms with E-state index in [4.69, 9.17) is 0 Å². The Morgan fingerprint density at radius 3 is 2.94 bits per heavy atom. The van der Waals surface area contributed by atoms with Crippen molar-refractivity contribution in [1.82, 2.24) is 20.5 Å². The number of halogens is 1. The van der Waals surface area contributed by atoms with Crippen molar-refractivity contribution < 1.29 is 9.18 Å². The topological polar surface area (TPSA) is 70.7 Å². The third-order valence-corrected chi connectivity index (χ3v) is 2.27. The van der Waals surface area contributed by atoms with E-state index < -0.39 is 0 Å². The van der Waals surface area contributed by atoms with E-state index in [1.165, 1.54) is 12.4 Å². The molecule has 5 nitrogen and oxygen atoms in total. The summed E-state index contributed by atoms with van der Waals surface area (Å²) < 4.78 is 13.2. The highest BCUT2D eigenvalue weighted by molar-refractivity contribution is 5.90. The van der Waals surface area contributed by atoms with Crippen LogP contribution in [-0.2, 0) is 6.42 Å². The fraction of sp³-hybridized carbons (Fsp3) is 0.182. The number of aromatic nitrogens is 3. The number of carbonyl (C=O) groups is 1. The van der Waals surface area contributed by atoms with Crippen LogP contribution in [0.25, 0.3) is 0 Å². The summed E-state index contributed by atoms with van der Waals surface area (Å²) in [6, 6.07) is 6.48. The third-order valence-electron chi connectivity index (χ3n) is 2.27. The van der Waals surface area contributed by atoms with Crippen LogP contribution in [0.15, 0.2) is 30.6 Å². The van der Waals surface area contributed by atoms with Crippen molar-refractivity contribution >= 4 is 5.91 Å². The molecule has 0 aliphatic rings. The highest BCUT2D eigenvalue weighted by atomic mass is 19.1. The van der Waals surface area contributed by atoms with Gasteiger partial charge in [-0.25, -0.2) is 9.37 Å². The van der Waals surface area contributed by atoms with Gasteiger partial charge in [0.1, 0.15) is 12.1 Å². The quantitative estimate of drug-likeness (QED) is 0.826. The molecule has 2 N–H and O–H groups in total. The number of rotatable bonds is 4. The van der Waals surface area contributed by atoms with Crippen LogP contribution in [0.4, 0.5) is 4.39 Å². The minimum atomic E-state index is -0.348. The number of carbonyl (C=O) groups excluding carboxylic acids is 1. The molecule has 1 aromatic carbocycles. The Morgan fingerprint density at radius 2 is 2.24 bits per heavy atom. The number of benzene rings is 1. The van der Waals surface area contributed by atoms with Crippen molar-refractivity contribution in [1.29, 1.82) is 0 Å². The minimum absolute atomic E-state index is 0.151. The first-order valence-electron chi connectivity index (χ1n) is 5.14. The summed E-state index contributed by atoms with van der Waals surface area (Å²) in [6.45, 7) is 0.348. The van der Waals surface area contributed by atoms with E-state index in [0.29, 0.717) is 18.5 Å². The van der Waals surface area contributed by atoms with Crippen LogP contribution in [0.2, 0.25) is 0 Å². The van der Waals surface area contributed by atoms with E-state index in [1.54, 1.807) is 18.2 Å². The Labute approximate surface area is 97.1 Å². The Bertz CT molecular complexity index is 498. The molecule has 1 aromatic heterocycles. The molecule has 0 radical (unpaired) electrons. The number of H-pyrrole nitrogens is 1. The number of nitrogens with one attached hydrogen (secondary N) is 2. The molecule has 0 saturated carbocycles.